The lowest BCUT2D eigenvalue weighted by Gasteiger charge is -2.32. The highest BCUT2D eigenvalue weighted by atomic mass is 35.5. The zero-order valence-electron chi connectivity index (χ0n) is 13.3. The fraction of sp³-hybridized carbons (Fsp3) is 0.500. The number of rotatable bonds is 5. The van der Waals surface area contributed by atoms with Crippen LogP contribution in [0.2, 0.25) is 10.0 Å². The van der Waals surface area contributed by atoms with Crippen LogP contribution in [0.5, 0.6) is 0 Å². The molecule has 1 saturated heterocycles. The molecule has 2 rings (SSSR count). The molecule has 0 aliphatic carbocycles. The summed E-state index contributed by atoms with van der Waals surface area (Å²) in [6.45, 7) is 2.19. The fourth-order valence-corrected chi connectivity index (χ4v) is 2.94. The molecule has 134 valence electrons. The van der Waals surface area contributed by atoms with E-state index < -0.39 is 0 Å². The Labute approximate surface area is 158 Å². The Morgan fingerprint density at radius 2 is 2.04 bits per heavy atom. The molecule has 8 heteroatoms. The van der Waals surface area contributed by atoms with Gasteiger partial charge in [-0.1, -0.05) is 23.2 Å². The summed E-state index contributed by atoms with van der Waals surface area (Å²) < 4.78 is 0. The molecule has 5 nitrogen and oxygen atoms in total. The highest BCUT2D eigenvalue weighted by molar-refractivity contribution is 6.42. The van der Waals surface area contributed by atoms with Gasteiger partial charge in [0.15, 0.2) is 0 Å². The monoisotopic (exact) mass is 393 g/mol. The first-order valence-electron chi connectivity index (χ1n) is 7.75. The first-order valence-corrected chi connectivity index (χ1v) is 8.50. The second kappa shape index (κ2) is 10.1. The van der Waals surface area contributed by atoms with Gasteiger partial charge < -0.3 is 16.0 Å². The molecule has 1 aliphatic rings. The molecule has 1 heterocycles. The third kappa shape index (κ3) is 5.52. The second-order valence-electron chi connectivity index (χ2n) is 5.65. The molecule has 2 amide bonds. The predicted octanol–water partition coefficient (Wildman–Crippen LogP) is 2.73. The SMILES string of the molecule is Cl.NCCCNC(=O)C1CCCN(C(=O)c2ccc(Cl)c(Cl)c2)C1. The minimum Gasteiger partial charge on any atom is -0.356 e. The molecule has 0 bridgehead atoms. The van der Waals surface area contributed by atoms with Crippen LogP contribution in [0.1, 0.15) is 29.6 Å². The number of benzene rings is 1. The Bertz CT molecular complexity index is 584. The van der Waals surface area contributed by atoms with Crippen LogP contribution in [0, 0.1) is 5.92 Å². The first-order chi connectivity index (χ1) is 11.0. The Balaban J connectivity index is 0.00000288. The molecule has 0 saturated carbocycles. The summed E-state index contributed by atoms with van der Waals surface area (Å²) in [5.41, 5.74) is 5.91. The van der Waals surface area contributed by atoms with Crippen molar-refractivity contribution in [3.8, 4) is 0 Å². The Morgan fingerprint density at radius 1 is 1.29 bits per heavy atom. The molecule has 24 heavy (non-hydrogen) atoms. The average Bonchev–Trinajstić information content (AvgIpc) is 2.57. The molecule has 0 radical (unpaired) electrons. The van der Waals surface area contributed by atoms with E-state index in [1.54, 1.807) is 23.1 Å². The van der Waals surface area contributed by atoms with Gasteiger partial charge in [-0.3, -0.25) is 9.59 Å². The van der Waals surface area contributed by atoms with Crippen molar-refractivity contribution in [3.63, 3.8) is 0 Å². The first kappa shape index (κ1) is 21.0. The lowest BCUT2D eigenvalue weighted by atomic mass is 9.96. The number of amides is 2. The highest BCUT2D eigenvalue weighted by Gasteiger charge is 2.28. The molecule has 1 aromatic rings. The van der Waals surface area contributed by atoms with Gasteiger partial charge in [-0.05, 0) is 44.0 Å². The van der Waals surface area contributed by atoms with E-state index in [1.807, 2.05) is 0 Å². The Morgan fingerprint density at radius 3 is 2.71 bits per heavy atom. The largest absolute Gasteiger partial charge is 0.356 e. The predicted molar refractivity (Wildman–Crippen MR) is 99.0 cm³/mol. The van der Waals surface area contributed by atoms with Crippen LogP contribution in [-0.4, -0.2) is 42.9 Å². The van der Waals surface area contributed by atoms with Gasteiger partial charge in [0.2, 0.25) is 5.91 Å². The average molecular weight is 395 g/mol. The summed E-state index contributed by atoms with van der Waals surface area (Å²) >= 11 is 11.8. The summed E-state index contributed by atoms with van der Waals surface area (Å²) in [5.74, 6) is -0.304. The summed E-state index contributed by atoms with van der Waals surface area (Å²) in [7, 11) is 0. The molecular weight excluding hydrogens is 373 g/mol. The third-order valence-electron chi connectivity index (χ3n) is 3.93. The molecular formula is C16H22Cl3N3O2. The molecule has 1 aromatic carbocycles. The Hall–Kier alpha value is -1.01. The summed E-state index contributed by atoms with van der Waals surface area (Å²) in [6, 6.07) is 4.83. The van der Waals surface area contributed by atoms with E-state index in [4.69, 9.17) is 28.9 Å². The van der Waals surface area contributed by atoms with Crippen LogP contribution in [0.3, 0.4) is 0 Å². The van der Waals surface area contributed by atoms with Gasteiger partial charge in [-0.25, -0.2) is 0 Å². The summed E-state index contributed by atoms with van der Waals surface area (Å²) in [4.78, 5) is 26.4. The van der Waals surface area contributed by atoms with E-state index in [2.05, 4.69) is 5.32 Å². The maximum atomic E-state index is 12.6. The van der Waals surface area contributed by atoms with Crippen LogP contribution in [0.25, 0.3) is 0 Å². The van der Waals surface area contributed by atoms with Crippen LogP contribution < -0.4 is 11.1 Å². The topological polar surface area (TPSA) is 75.4 Å². The van der Waals surface area contributed by atoms with Crippen molar-refractivity contribution in [1.82, 2.24) is 10.2 Å². The van der Waals surface area contributed by atoms with Crippen molar-refractivity contribution in [1.29, 1.82) is 0 Å². The quantitative estimate of drug-likeness (QED) is 0.754. The van der Waals surface area contributed by atoms with E-state index in [1.165, 1.54) is 0 Å². The van der Waals surface area contributed by atoms with Crippen LogP contribution in [0.4, 0.5) is 0 Å². The van der Waals surface area contributed by atoms with Crippen molar-refractivity contribution >= 4 is 47.4 Å². The minimum absolute atomic E-state index is 0. The molecule has 1 atom stereocenters. The van der Waals surface area contributed by atoms with E-state index in [-0.39, 0.29) is 30.1 Å². The van der Waals surface area contributed by atoms with Gasteiger partial charge in [-0.15, -0.1) is 12.4 Å². The van der Waals surface area contributed by atoms with Crippen LogP contribution in [0.15, 0.2) is 18.2 Å². The van der Waals surface area contributed by atoms with Crippen LogP contribution in [-0.2, 0) is 4.79 Å². The number of nitrogens with two attached hydrogens (primary N) is 1. The number of piperidine rings is 1. The number of carbonyl (C=O) groups excluding carboxylic acids is 2. The zero-order valence-corrected chi connectivity index (χ0v) is 15.6. The summed E-state index contributed by atoms with van der Waals surface area (Å²) in [6.07, 6.45) is 2.35. The third-order valence-corrected chi connectivity index (χ3v) is 4.67. The van der Waals surface area contributed by atoms with E-state index in [0.717, 1.165) is 19.3 Å². The molecule has 0 aromatic heterocycles. The van der Waals surface area contributed by atoms with E-state index >= 15 is 0 Å². The molecule has 1 fully saturated rings. The lowest BCUT2D eigenvalue weighted by molar-refractivity contribution is -0.126. The standard InChI is InChI=1S/C16H21Cl2N3O2.ClH/c17-13-5-4-11(9-14(13)18)16(23)21-8-1-3-12(10-21)15(22)20-7-2-6-19;/h4-5,9,12H,1-3,6-8,10,19H2,(H,20,22);1H. The van der Waals surface area contributed by atoms with Crippen molar-refractivity contribution < 1.29 is 9.59 Å². The number of likely N-dealkylation sites (tertiary alicyclic amines) is 1. The number of hydrogen-bond acceptors (Lipinski definition) is 3. The highest BCUT2D eigenvalue weighted by Crippen LogP contribution is 2.25. The van der Waals surface area contributed by atoms with Gasteiger partial charge >= 0.3 is 0 Å². The maximum absolute atomic E-state index is 12.6. The number of carbonyl (C=O) groups is 2. The van der Waals surface area contributed by atoms with Gasteiger partial charge in [0.25, 0.3) is 5.91 Å². The minimum atomic E-state index is -0.173. The van der Waals surface area contributed by atoms with Crippen LogP contribution >= 0.6 is 35.6 Å². The van der Waals surface area contributed by atoms with Crippen molar-refractivity contribution in [2.75, 3.05) is 26.2 Å². The smallest absolute Gasteiger partial charge is 0.253 e. The molecule has 0 spiro atoms. The van der Waals surface area contributed by atoms with Crippen molar-refractivity contribution in [2.45, 2.75) is 19.3 Å². The van der Waals surface area contributed by atoms with Crippen molar-refractivity contribution in [3.05, 3.63) is 33.8 Å². The summed E-state index contributed by atoms with van der Waals surface area (Å²) in [5, 5.41) is 3.64. The van der Waals surface area contributed by atoms with Gasteiger partial charge in [-0.2, -0.15) is 0 Å². The number of halogens is 3. The molecule has 1 unspecified atom stereocenters. The van der Waals surface area contributed by atoms with Gasteiger partial charge in [0.05, 0.1) is 16.0 Å². The normalized spacial score (nSPS) is 17.1. The fourth-order valence-electron chi connectivity index (χ4n) is 2.65. The zero-order chi connectivity index (χ0) is 16.8. The van der Waals surface area contributed by atoms with E-state index in [0.29, 0.717) is 41.8 Å². The van der Waals surface area contributed by atoms with Gasteiger partial charge in [0, 0.05) is 25.2 Å². The Kier molecular flexibility index (Phi) is 8.84. The second-order valence-corrected chi connectivity index (χ2v) is 6.47. The van der Waals surface area contributed by atoms with Crippen molar-refractivity contribution in [2.24, 2.45) is 11.7 Å². The number of hydrogen-bond donors (Lipinski definition) is 2. The number of nitrogens with zero attached hydrogens (tertiary/aromatic N) is 1. The van der Waals surface area contributed by atoms with E-state index in [9.17, 15) is 9.59 Å². The molecule has 1 aliphatic heterocycles. The molecule has 3 N–H and O–H groups in total. The maximum Gasteiger partial charge on any atom is 0.253 e. The van der Waals surface area contributed by atoms with Gasteiger partial charge in [0.1, 0.15) is 0 Å². The lowest BCUT2D eigenvalue weighted by Crippen LogP contribution is -2.45. The number of nitrogens with one attached hydrogen (secondary N) is 1.